The van der Waals surface area contributed by atoms with Crippen molar-refractivity contribution in [3.05, 3.63) is 0 Å². The molecule has 0 radical (unpaired) electrons. The van der Waals surface area contributed by atoms with Gasteiger partial charge in [-0.3, -0.25) is 0 Å². The van der Waals surface area contributed by atoms with Gasteiger partial charge in [-0.1, -0.05) is 0 Å². The molecule has 1 N–H and O–H groups in total. The zero-order valence-electron chi connectivity index (χ0n) is 9.26. The summed E-state index contributed by atoms with van der Waals surface area (Å²) in [7, 11) is 2.26. The SMILES string of the molecule is CN1CCC2(CC1)CC2CNC1CC1. The van der Waals surface area contributed by atoms with Crippen LogP contribution in [0.5, 0.6) is 0 Å². The van der Waals surface area contributed by atoms with Gasteiger partial charge >= 0.3 is 0 Å². The summed E-state index contributed by atoms with van der Waals surface area (Å²) in [6.07, 6.45) is 7.30. The standard InChI is InChI=1S/C12H22N2/c1-14-6-4-12(5-7-14)8-10(12)9-13-11-2-3-11/h10-11,13H,2-9H2,1H3. The first-order valence-electron chi connectivity index (χ1n) is 6.20. The number of hydrogen-bond donors (Lipinski definition) is 1. The monoisotopic (exact) mass is 194 g/mol. The molecule has 2 saturated carbocycles. The maximum absolute atomic E-state index is 3.69. The van der Waals surface area contributed by atoms with Gasteiger partial charge in [-0.15, -0.1) is 0 Å². The fourth-order valence-electron chi connectivity index (χ4n) is 2.99. The summed E-state index contributed by atoms with van der Waals surface area (Å²) in [5, 5.41) is 3.69. The molecule has 0 bridgehead atoms. The van der Waals surface area contributed by atoms with Crippen LogP contribution < -0.4 is 5.32 Å². The van der Waals surface area contributed by atoms with Gasteiger partial charge < -0.3 is 10.2 Å². The number of piperidine rings is 1. The lowest BCUT2D eigenvalue weighted by molar-refractivity contribution is 0.192. The molecule has 2 heteroatoms. The highest BCUT2D eigenvalue weighted by atomic mass is 15.1. The van der Waals surface area contributed by atoms with Crippen molar-refractivity contribution >= 4 is 0 Å². The molecule has 80 valence electrons. The van der Waals surface area contributed by atoms with Gasteiger partial charge in [0, 0.05) is 6.04 Å². The lowest BCUT2D eigenvalue weighted by Gasteiger charge is -2.30. The van der Waals surface area contributed by atoms with Crippen LogP contribution in [0.4, 0.5) is 0 Å². The Bertz CT molecular complexity index is 214. The maximum atomic E-state index is 3.69. The highest BCUT2D eigenvalue weighted by Gasteiger charge is 2.54. The molecule has 2 nitrogen and oxygen atoms in total. The van der Waals surface area contributed by atoms with E-state index in [2.05, 4.69) is 17.3 Å². The Morgan fingerprint density at radius 2 is 2.00 bits per heavy atom. The van der Waals surface area contributed by atoms with E-state index in [1.807, 2.05) is 0 Å². The molecule has 3 aliphatic rings. The van der Waals surface area contributed by atoms with Crippen LogP contribution in [0.25, 0.3) is 0 Å². The molecule has 1 atom stereocenters. The average molecular weight is 194 g/mol. The molecule has 2 aliphatic carbocycles. The molecule has 0 aromatic rings. The van der Waals surface area contributed by atoms with Gasteiger partial charge in [-0.25, -0.2) is 0 Å². The smallest absolute Gasteiger partial charge is 0.00683 e. The Balaban J connectivity index is 1.45. The lowest BCUT2D eigenvalue weighted by atomic mass is 9.91. The van der Waals surface area contributed by atoms with Crippen LogP contribution in [0.3, 0.4) is 0 Å². The molecule has 0 aromatic carbocycles. The molecule has 1 saturated heterocycles. The van der Waals surface area contributed by atoms with Crippen LogP contribution in [-0.2, 0) is 0 Å². The topological polar surface area (TPSA) is 15.3 Å². The molecule has 1 unspecified atom stereocenters. The number of nitrogens with one attached hydrogen (secondary N) is 1. The Labute approximate surface area is 87.0 Å². The molecule has 1 aliphatic heterocycles. The van der Waals surface area contributed by atoms with Gasteiger partial charge in [-0.2, -0.15) is 0 Å². The van der Waals surface area contributed by atoms with Crippen molar-refractivity contribution in [2.24, 2.45) is 11.3 Å². The zero-order chi connectivity index (χ0) is 9.60. The highest BCUT2D eigenvalue weighted by Crippen LogP contribution is 2.58. The maximum Gasteiger partial charge on any atom is 0.00683 e. The van der Waals surface area contributed by atoms with Gasteiger partial charge in [-0.05, 0) is 70.1 Å². The first kappa shape index (κ1) is 9.17. The second-order valence-electron chi connectivity index (χ2n) is 5.75. The minimum Gasteiger partial charge on any atom is -0.314 e. The summed E-state index contributed by atoms with van der Waals surface area (Å²) in [6.45, 7) is 3.98. The molecule has 3 rings (SSSR count). The van der Waals surface area contributed by atoms with E-state index in [9.17, 15) is 0 Å². The minimum absolute atomic E-state index is 0.786. The predicted molar refractivity (Wildman–Crippen MR) is 58.3 cm³/mol. The Hall–Kier alpha value is -0.0800. The Kier molecular flexibility index (Phi) is 2.10. The average Bonchev–Trinajstić information content (AvgIpc) is 3.06. The molecule has 0 aromatic heterocycles. The van der Waals surface area contributed by atoms with Crippen molar-refractivity contribution in [2.45, 2.75) is 38.1 Å². The van der Waals surface area contributed by atoms with Gasteiger partial charge in [0.05, 0.1) is 0 Å². The van der Waals surface area contributed by atoms with Gasteiger partial charge in [0.25, 0.3) is 0 Å². The molecular weight excluding hydrogens is 172 g/mol. The van der Waals surface area contributed by atoms with Gasteiger partial charge in [0.1, 0.15) is 0 Å². The predicted octanol–water partition coefficient (Wildman–Crippen LogP) is 1.47. The van der Waals surface area contributed by atoms with Gasteiger partial charge in [0.2, 0.25) is 0 Å². The second kappa shape index (κ2) is 3.21. The number of nitrogens with zero attached hydrogens (tertiary/aromatic N) is 1. The second-order valence-corrected chi connectivity index (χ2v) is 5.75. The first-order valence-corrected chi connectivity index (χ1v) is 6.20. The molecule has 0 amide bonds. The van der Waals surface area contributed by atoms with Crippen LogP contribution >= 0.6 is 0 Å². The van der Waals surface area contributed by atoms with E-state index in [1.54, 1.807) is 0 Å². The van der Waals surface area contributed by atoms with E-state index >= 15 is 0 Å². The summed E-state index contributed by atoms with van der Waals surface area (Å²) in [4.78, 5) is 2.48. The number of likely N-dealkylation sites (tertiary alicyclic amines) is 1. The van der Waals surface area contributed by atoms with E-state index in [0.717, 1.165) is 17.4 Å². The van der Waals surface area contributed by atoms with Crippen LogP contribution in [0.15, 0.2) is 0 Å². The van der Waals surface area contributed by atoms with E-state index in [-0.39, 0.29) is 0 Å². The van der Waals surface area contributed by atoms with Crippen molar-refractivity contribution in [3.63, 3.8) is 0 Å². The van der Waals surface area contributed by atoms with Crippen LogP contribution in [0, 0.1) is 11.3 Å². The van der Waals surface area contributed by atoms with Crippen molar-refractivity contribution in [3.8, 4) is 0 Å². The lowest BCUT2D eigenvalue weighted by Crippen LogP contribution is -2.33. The van der Waals surface area contributed by atoms with Crippen LogP contribution in [0.1, 0.15) is 32.1 Å². The molecule has 1 spiro atoms. The highest BCUT2D eigenvalue weighted by molar-refractivity contribution is 5.05. The first-order chi connectivity index (χ1) is 6.78. The summed E-state index contributed by atoms with van der Waals surface area (Å²) >= 11 is 0. The Morgan fingerprint density at radius 1 is 1.29 bits per heavy atom. The van der Waals surface area contributed by atoms with E-state index in [1.165, 1.54) is 51.7 Å². The van der Waals surface area contributed by atoms with Crippen molar-refractivity contribution < 1.29 is 0 Å². The summed E-state index contributed by atoms with van der Waals surface area (Å²) in [5.74, 6) is 1.02. The van der Waals surface area contributed by atoms with E-state index < -0.39 is 0 Å². The quantitative estimate of drug-likeness (QED) is 0.732. The van der Waals surface area contributed by atoms with Crippen LogP contribution in [0.2, 0.25) is 0 Å². The molecule has 1 heterocycles. The summed E-state index contributed by atoms with van der Waals surface area (Å²) in [6, 6.07) is 0.902. The van der Waals surface area contributed by atoms with Gasteiger partial charge in [0.15, 0.2) is 0 Å². The zero-order valence-corrected chi connectivity index (χ0v) is 9.26. The summed E-state index contributed by atoms with van der Waals surface area (Å²) in [5.41, 5.74) is 0.786. The molecular formula is C12H22N2. The third-order valence-electron chi connectivity index (χ3n) is 4.57. The summed E-state index contributed by atoms with van der Waals surface area (Å²) < 4.78 is 0. The third kappa shape index (κ3) is 1.70. The van der Waals surface area contributed by atoms with Crippen molar-refractivity contribution in [2.75, 3.05) is 26.7 Å². The molecule has 3 fully saturated rings. The van der Waals surface area contributed by atoms with Crippen molar-refractivity contribution in [1.29, 1.82) is 0 Å². The van der Waals surface area contributed by atoms with Crippen LogP contribution in [-0.4, -0.2) is 37.6 Å². The normalized spacial score (nSPS) is 36.2. The molecule has 14 heavy (non-hydrogen) atoms. The van der Waals surface area contributed by atoms with E-state index in [0.29, 0.717) is 0 Å². The van der Waals surface area contributed by atoms with E-state index in [4.69, 9.17) is 0 Å². The largest absolute Gasteiger partial charge is 0.314 e. The fraction of sp³-hybridized carbons (Fsp3) is 1.00. The number of rotatable bonds is 3. The Morgan fingerprint density at radius 3 is 2.64 bits per heavy atom. The fourth-order valence-corrected chi connectivity index (χ4v) is 2.99. The third-order valence-corrected chi connectivity index (χ3v) is 4.57. The van der Waals surface area contributed by atoms with Crippen molar-refractivity contribution in [1.82, 2.24) is 10.2 Å². The number of hydrogen-bond acceptors (Lipinski definition) is 2. The minimum atomic E-state index is 0.786.